The van der Waals surface area contributed by atoms with E-state index in [0.717, 1.165) is 6.42 Å². The van der Waals surface area contributed by atoms with Gasteiger partial charge in [-0.2, -0.15) is 0 Å². The molecule has 0 aliphatic rings. The van der Waals surface area contributed by atoms with Gasteiger partial charge >= 0.3 is 0 Å². The standard InChI is InChI=1S/C21H37N.BrH.H2O/c1-2-3-4-5-6-7-8-9-10-11-12-13-14-15-18-21-19-16-17-20-22-21;;/h16-17,19-20H,2-15,18H2,1H3;1H;1H2. The number of hydrogen-bond donors (Lipinski definition) is 0. The van der Waals surface area contributed by atoms with Gasteiger partial charge in [0, 0.05) is 11.9 Å². The summed E-state index contributed by atoms with van der Waals surface area (Å²) in [4.78, 5) is 4.38. The minimum absolute atomic E-state index is 0. The highest BCUT2D eigenvalue weighted by atomic mass is 79.9. The van der Waals surface area contributed by atoms with Crippen LogP contribution in [-0.4, -0.2) is 10.5 Å². The zero-order valence-electron chi connectivity index (χ0n) is 15.8. The Balaban J connectivity index is 0. The monoisotopic (exact) mass is 401 g/mol. The van der Waals surface area contributed by atoms with Crippen LogP contribution in [0, 0.1) is 0 Å². The van der Waals surface area contributed by atoms with Crippen molar-refractivity contribution in [3.63, 3.8) is 0 Å². The van der Waals surface area contributed by atoms with Crippen LogP contribution in [0.5, 0.6) is 0 Å². The Morgan fingerprint density at radius 1 is 0.667 bits per heavy atom. The van der Waals surface area contributed by atoms with Gasteiger partial charge in [0.2, 0.25) is 0 Å². The second-order valence-corrected chi connectivity index (χ2v) is 6.67. The molecule has 0 aliphatic heterocycles. The maximum absolute atomic E-state index is 4.38. The van der Waals surface area contributed by atoms with E-state index in [-0.39, 0.29) is 22.5 Å². The first-order chi connectivity index (χ1) is 10.9. The minimum atomic E-state index is 0. The second-order valence-electron chi connectivity index (χ2n) is 6.67. The number of rotatable bonds is 15. The summed E-state index contributed by atoms with van der Waals surface area (Å²) >= 11 is 0. The SMILES string of the molecule is Br.CCCCCCCCCCCCCCCCc1ccccn1.O. The molecule has 0 saturated heterocycles. The number of aromatic nitrogens is 1. The topological polar surface area (TPSA) is 44.4 Å². The van der Waals surface area contributed by atoms with Gasteiger partial charge < -0.3 is 5.48 Å². The van der Waals surface area contributed by atoms with Gasteiger partial charge in [-0.15, -0.1) is 17.0 Å². The molecule has 0 atom stereocenters. The lowest BCUT2D eigenvalue weighted by molar-refractivity contribution is 0.535. The normalized spacial score (nSPS) is 10.0. The highest BCUT2D eigenvalue weighted by Gasteiger charge is 1.95. The van der Waals surface area contributed by atoms with Crippen LogP contribution in [0.15, 0.2) is 24.4 Å². The first kappa shape index (κ1) is 25.8. The maximum atomic E-state index is 4.38. The minimum Gasteiger partial charge on any atom is -0.412 e. The molecule has 1 aromatic heterocycles. The van der Waals surface area contributed by atoms with Gasteiger partial charge in [0.1, 0.15) is 0 Å². The maximum Gasteiger partial charge on any atom is 0.0403 e. The molecule has 24 heavy (non-hydrogen) atoms. The highest BCUT2D eigenvalue weighted by Crippen LogP contribution is 2.13. The quantitative estimate of drug-likeness (QED) is 0.296. The summed E-state index contributed by atoms with van der Waals surface area (Å²) in [7, 11) is 0. The van der Waals surface area contributed by atoms with Gasteiger partial charge in [0.25, 0.3) is 0 Å². The number of nitrogens with zero attached hydrogens (tertiary/aromatic N) is 1. The van der Waals surface area contributed by atoms with Crippen LogP contribution < -0.4 is 0 Å². The summed E-state index contributed by atoms with van der Waals surface area (Å²) in [6.07, 6.45) is 23.0. The molecule has 0 unspecified atom stereocenters. The smallest absolute Gasteiger partial charge is 0.0403 e. The van der Waals surface area contributed by atoms with Crippen molar-refractivity contribution in [1.29, 1.82) is 0 Å². The summed E-state index contributed by atoms with van der Waals surface area (Å²) in [6.45, 7) is 2.29. The van der Waals surface area contributed by atoms with E-state index in [9.17, 15) is 0 Å². The molecule has 2 N–H and O–H groups in total. The molecular weight excluding hydrogens is 362 g/mol. The molecule has 0 saturated carbocycles. The van der Waals surface area contributed by atoms with Crippen LogP contribution >= 0.6 is 17.0 Å². The Kier molecular flexibility index (Phi) is 22.2. The van der Waals surface area contributed by atoms with Gasteiger partial charge in [-0.05, 0) is 25.0 Å². The van der Waals surface area contributed by atoms with Gasteiger partial charge in [-0.1, -0.05) is 96.5 Å². The van der Waals surface area contributed by atoms with Crippen LogP contribution in [0.2, 0.25) is 0 Å². The van der Waals surface area contributed by atoms with E-state index in [1.807, 2.05) is 12.3 Å². The van der Waals surface area contributed by atoms with Gasteiger partial charge in [0.05, 0.1) is 0 Å². The summed E-state index contributed by atoms with van der Waals surface area (Å²) in [5.74, 6) is 0. The number of aryl methyl sites for hydroxylation is 1. The Morgan fingerprint density at radius 3 is 1.54 bits per heavy atom. The zero-order chi connectivity index (χ0) is 15.7. The second kappa shape index (κ2) is 20.6. The molecule has 0 aliphatic carbocycles. The fraction of sp³-hybridized carbons (Fsp3) is 0.762. The first-order valence-electron chi connectivity index (χ1n) is 9.83. The van der Waals surface area contributed by atoms with E-state index in [0.29, 0.717) is 0 Å². The van der Waals surface area contributed by atoms with Crippen molar-refractivity contribution < 1.29 is 5.48 Å². The van der Waals surface area contributed by atoms with Crippen molar-refractivity contribution in [2.75, 3.05) is 0 Å². The van der Waals surface area contributed by atoms with E-state index >= 15 is 0 Å². The molecular formula is C21H40BrNO. The lowest BCUT2D eigenvalue weighted by atomic mass is 10.0. The molecule has 0 fully saturated rings. The summed E-state index contributed by atoms with van der Waals surface area (Å²) in [6, 6.07) is 6.23. The van der Waals surface area contributed by atoms with Crippen molar-refractivity contribution in [3.05, 3.63) is 30.1 Å². The lowest BCUT2D eigenvalue weighted by Gasteiger charge is -2.03. The molecule has 0 aromatic carbocycles. The zero-order valence-corrected chi connectivity index (χ0v) is 17.5. The van der Waals surface area contributed by atoms with E-state index in [1.165, 1.54) is 95.6 Å². The van der Waals surface area contributed by atoms with Crippen molar-refractivity contribution in [2.45, 2.75) is 103 Å². The molecule has 2 nitrogen and oxygen atoms in total. The predicted molar refractivity (Wildman–Crippen MR) is 112 cm³/mol. The van der Waals surface area contributed by atoms with Crippen molar-refractivity contribution in [2.24, 2.45) is 0 Å². The average Bonchev–Trinajstić information content (AvgIpc) is 2.56. The Hall–Kier alpha value is -0.410. The number of halogens is 1. The molecule has 1 heterocycles. The van der Waals surface area contributed by atoms with Crippen LogP contribution in [0.25, 0.3) is 0 Å². The number of pyridine rings is 1. The Morgan fingerprint density at radius 2 is 1.12 bits per heavy atom. The molecule has 142 valence electrons. The summed E-state index contributed by atoms with van der Waals surface area (Å²) < 4.78 is 0. The molecule has 0 amide bonds. The van der Waals surface area contributed by atoms with E-state index in [2.05, 4.69) is 24.0 Å². The van der Waals surface area contributed by atoms with E-state index < -0.39 is 0 Å². The van der Waals surface area contributed by atoms with E-state index in [1.54, 1.807) is 0 Å². The van der Waals surface area contributed by atoms with Crippen molar-refractivity contribution in [1.82, 2.24) is 4.98 Å². The van der Waals surface area contributed by atoms with E-state index in [4.69, 9.17) is 0 Å². The van der Waals surface area contributed by atoms with Crippen LogP contribution in [0.3, 0.4) is 0 Å². The van der Waals surface area contributed by atoms with Gasteiger partial charge in [-0.3, -0.25) is 4.98 Å². The Labute approximate surface area is 160 Å². The molecule has 0 radical (unpaired) electrons. The average molecular weight is 402 g/mol. The Bertz CT molecular complexity index is 332. The molecule has 3 heteroatoms. The van der Waals surface area contributed by atoms with Crippen molar-refractivity contribution >= 4 is 17.0 Å². The fourth-order valence-corrected chi connectivity index (χ4v) is 3.05. The van der Waals surface area contributed by atoms with Gasteiger partial charge in [-0.25, -0.2) is 0 Å². The van der Waals surface area contributed by atoms with Crippen LogP contribution in [0.1, 0.15) is 103 Å². The summed E-state index contributed by atoms with van der Waals surface area (Å²) in [5.41, 5.74) is 1.25. The predicted octanol–water partition coefficient (Wildman–Crippen LogP) is 6.86. The molecule has 1 aromatic rings. The number of unbranched alkanes of at least 4 members (excludes halogenated alkanes) is 13. The number of hydrogen-bond acceptors (Lipinski definition) is 1. The third-order valence-electron chi connectivity index (χ3n) is 4.51. The van der Waals surface area contributed by atoms with Crippen LogP contribution in [0.4, 0.5) is 0 Å². The fourth-order valence-electron chi connectivity index (χ4n) is 3.05. The lowest BCUT2D eigenvalue weighted by Crippen LogP contribution is -1.89. The largest absolute Gasteiger partial charge is 0.412 e. The molecule has 1 rings (SSSR count). The van der Waals surface area contributed by atoms with Crippen molar-refractivity contribution in [3.8, 4) is 0 Å². The first-order valence-corrected chi connectivity index (χ1v) is 9.83. The third kappa shape index (κ3) is 16.4. The third-order valence-corrected chi connectivity index (χ3v) is 4.51. The van der Waals surface area contributed by atoms with Gasteiger partial charge in [0.15, 0.2) is 0 Å². The molecule has 0 bridgehead atoms. The highest BCUT2D eigenvalue weighted by molar-refractivity contribution is 8.93. The summed E-state index contributed by atoms with van der Waals surface area (Å²) in [5, 5.41) is 0. The molecule has 0 spiro atoms. The van der Waals surface area contributed by atoms with Crippen LogP contribution in [-0.2, 0) is 6.42 Å².